The van der Waals surface area contributed by atoms with Gasteiger partial charge in [0, 0.05) is 19.0 Å². The minimum atomic E-state index is -0.337. The molecule has 1 aromatic rings. The summed E-state index contributed by atoms with van der Waals surface area (Å²) in [6, 6.07) is 0. The van der Waals surface area contributed by atoms with Crippen molar-refractivity contribution in [3.05, 3.63) is 11.9 Å². The van der Waals surface area contributed by atoms with Gasteiger partial charge in [0.25, 0.3) is 0 Å². The van der Waals surface area contributed by atoms with Crippen LogP contribution in [-0.4, -0.2) is 27.3 Å². The first-order valence-electron chi connectivity index (χ1n) is 4.79. The lowest BCUT2D eigenvalue weighted by molar-refractivity contribution is 0.0629. The van der Waals surface area contributed by atoms with Gasteiger partial charge in [-0.25, -0.2) is 0 Å². The van der Waals surface area contributed by atoms with E-state index in [1.165, 1.54) is 11.0 Å². The van der Waals surface area contributed by atoms with Gasteiger partial charge in [-0.3, -0.25) is 4.79 Å². The van der Waals surface area contributed by atoms with Crippen molar-refractivity contribution in [1.82, 2.24) is 15.0 Å². The van der Waals surface area contributed by atoms with Gasteiger partial charge in [0.15, 0.2) is 5.78 Å². The van der Waals surface area contributed by atoms with Crippen LogP contribution < -0.4 is 5.73 Å². The summed E-state index contributed by atoms with van der Waals surface area (Å²) < 4.78 is 0. The Morgan fingerprint density at radius 3 is 2.79 bits per heavy atom. The molecule has 1 heterocycles. The largest absolute Gasteiger partial charge is 0.329 e. The first-order chi connectivity index (χ1) is 6.68. The summed E-state index contributed by atoms with van der Waals surface area (Å²) >= 11 is 0. The molecule has 1 aliphatic rings. The molecule has 1 aromatic heterocycles. The Balaban J connectivity index is 2.23. The standard InChI is InChI=1S/C9H14N4O/c1-13-11-5-7(12-13)8(14)9(6-10)3-2-4-9/h5H,2-4,6,10H2,1H3. The average Bonchev–Trinajstić information content (AvgIpc) is 2.50. The molecule has 0 bridgehead atoms. The minimum Gasteiger partial charge on any atom is -0.329 e. The van der Waals surface area contributed by atoms with E-state index < -0.39 is 0 Å². The fraction of sp³-hybridized carbons (Fsp3) is 0.667. The molecular formula is C9H14N4O. The third-order valence-corrected chi connectivity index (χ3v) is 3.02. The van der Waals surface area contributed by atoms with E-state index >= 15 is 0 Å². The second-order valence-corrected chi connectivity index (χ2v) is 3.89. The van der Waals surface area contributed by atoms with Gasteiger partial charge in [0.1, 0.15) is 5.69 Å². The number of nitrogens with zero attached hydrogens (tertiary/aromatic N) is 3. The fourth-order valence-electron chi connectivity index (χ4n) is 1.85. The predicted octanol–water partition coefficient (Wildman–Crippen LogP) is 0.127. The lowest BCUT2D eigenvalue weighted by atomic mass is 9.65. The summed E-state index contributed by atoms with van der Waals surface area (Å²) in [6.45, 7) is 0.419. The number of nitrogens with two attached hydrogens (primary N) is 1. The Morgan fingerprint density at radius 2 is 2.43 bits per heavy atom. The summed E-state index contributed by atoms with van der Waals surface area (Å²) in [5.74, 6) is 0.0550. The topological polar surface area (TPSA) is 73.8 Å². The van der Waals surface area contributed by atoms with Crippen LogP contribution in [0.25, 0.3) is 0 Å². The van der Waals surface area contributed by atoms with E-state index in [9.17, 15) is 4.79 Å². The van der Waals surface area contributed by atoms with Crippen LogP contribution in [0, 0.1) is 5.41 Å². The van der Waals surface area contributed by atoms with Gasteiger partial charge in [0.05, 0.1) is 6.20 Å². The third-order valence-electron chi connectivity index (χ3n) is 3.02. The normalized spacial score (nSPS) is 19.0. The lowest BCUT2D eigenvalue weighted by Gasteiger charge is -2.38. The summed E-state index contributed by atoms with van der Waals surface area (Å²) in [4.78, 5) is 13.4. The van der Waals surface area contributed by atoms with Gasteiger partial charge in [-0.1, -0.05) is 6.42 Å². The van der Waals surface area contributed by atoms with Crippen molar-refractivity contribution >= 4 is 5.78 Å². The smallest absolute Gasteiger partial charge is 0.192 e. The number of ketones is 1. The molecule has 0 unspecified atom stereocenters. The van der Waals surface area contributed by atoms with Crippen molar-refractivity contribution in [2.45, 2.75) is 19.3 Å². The molecule has 5 heteroatoms. The number of rotatable bonds is 3. The number of hydrogen-bond donors (Lipinski definition) is 1. The summed E-state index contributed by atoms with van der Waals surface area (Å²) in [6.07, 6.45) is 4.37. The van der Waals surface area contributed by atoms with Crippen molar-refractivity contribution < 1.29 is 4.79 Å². The SMILES string of the molecule is Cn1ncc(C(=O)C2(CN)CCC2)n1. The van der Waals surface area contributed by atoms with Gasteiger partial charge >= 0.3 is 0 Å². The predicted molar refractivity (Wildman–Crippen MR) is 50.7 cm³/mol. The fourth-order valence-corrected chi connectivity index (χ4v) is 1.85. The Bertz CT molecular complexity index is 348. The summed E-state index contributed by atoms with van der Waals surface area (Å²) in [5, 5.41) is 7.89. The number of aryl methyl sites for hydroxylation is 1. The zero-order chi connectivity index (χ0) is 10.2. The van der Waals surface area contributed by atoms with Crippen LogP contribution in [-0.2, 0) is 7.05 Å². The van der Waals surface area contributed by atoms with Crippen molar-refractivity contribution in [2.24, 2.45) is 18.2 Å². The van der Waals surface area contributed by atoms with Crippen molar-refractivity contribution in [3.63, 3.8) is 0 Å². The van der Waals surface area contributed by atoms with Gasteiger partial charge < -0.3 is 5.73 Å². The van der Waals surface area contributed by atoms with Crippen LogP contribution in [0.2, 0.25) is 0 Å². The van der Waals surface area contributed by atoms with Crippen LogP contribution in [0.1, 0.15) is 29.8 Å². The quantitative estimate of drug-likeness (QED) is 0.694. The Morgan fingerprint density at radius 1 is 1.71 bits per heavy atom. The number of carbonyl (C=O) groups excluding carboxylic acids is 1. The monoisotopic (exact) mass is 194 g/mol. The van der Waals surface area contributed by atoms with E-state index in [4.69, 9.17) is 5.73 Å². The second-order valence-electron chi connectivity index (χ2n) is 3.89. The van der Waals surface area contributed by atoms with Crippen LogP contribution in [0.5, 0.6) is 0 Å². The van der Waals surface area contributed by atoms with E-state index in [0.29, 0.717) is 12.2 Å². The molecule has 0 aromatic carbocycles. The average molecular weight is 194 g/mol. The van der Waals surface area contributed by atoms with E-state index in [0.717, 1.165) is 19.3 Å². The molecule has 5 nitrogen and oxygen atoms in total. The van der Waals surface area contributed by atoms with Crippen molar-refractivity contribution in [3.8, 4) is 0 Å². The van der Waals surface area contributed by atoms with E-state index in [1.807, 2.05) is 0 Å². The molecule has 2 N–H and O–H groups in total. The maximum absolute atomic E-state index is 12.0. The highest BCUT2D eigenvalue weighted by Gasteiger charge is 2.44. The molecular weight excluding hydrogens is 180 g/mol. The second kappa shape index (κ2) is 3.16. The molecule has 0 radical (unpaired) electrons. The highest BCUT2D eigenvalue weighted by Crippen LogP contribution is 2.42. The van der Waals surface area contributed by atoms with Crippen molar-refractivity contribution in [1.29, 1.82) is 0 Å². The molecule has 76 valence electrons. The van der Waals surface area contributed by atoms with Crippen LogP contribution in [0.15, 0.2) is 6.20 Å². The number of aromatic nitrogens is 3. The number of carbonyl (C=O) groups is 1. The number of Topliss-reactive ketones (excluding diaryl/α,β-unsaturated/α-hetero) is 1. The van der Waals surface area contributed by atoms with Crippen LogP contribution in [0.4, 0.5) is 0 Å². The highest BCUT2D eigenvalue weighted by atomic mass is 16.1. The maximum atomic E-state index is 12.0. The third kappa shape index (κ3) is 1.24. The molecule has 0 saturated heterocycles. The highest BCUT2D eigenvalue weighted by molar-refractivity contribution is 5.99. The zero-order valence-corrected chi connectivity index (χ0v) is 8.23. The first-order valence-corrected chi connectivity index (χ1v) is 4.79. The van der Waals surface area contributed by atoms with Crippen LogP contribution in [0.3, 0.4) is 0 Å². The zero-order valence-electron chi connectivity index (χ0n) is 8.23. The van der Waals surface area contributed by atoms with E-state index in [2.05, 4.69) is 10.2 Å². The molecule has 1 saturated carbocycles. The number of hydrogen-bond acceptors (Lipinski definition) is 4. The van der Waals surface area contributed by atoms with Gasteiger partial charge in [-0.2, -0.15) is 15.0 Å². The summed E-state index contributed by atoms with van der Waals surface area (Å²) in [5.41, 5.74) is 5.74. The molecule has 0 amide bonds. The van der Waals surface area contributed by atoms with Crippen LogP contribution >= 0.6 is 0 Å². The van der Waals surface area contributed by atoms with E-state index in [1.54, 1.807) is 7.05 Å². The van der Waals surface area contributed by atoms with E-state index in [-0.39, 0.29) is 11.2 Å². The van der Waals surface area contributed by atoms with Gasteiger partial charge in [-0.05, 0) is 12.8 Å². The lowest BCUT2D eigenvalue weighted by Crippen LogP contribution is -2.44. The molecule has 0 aliphatic heterocycles. The van der Waals surface area contributed by atoms with Crippen molar-refractivity contribution in [2.75, 3.05) is 6.54 Å². The molecule has 0 spiro atoms. The van der Waals surface area contributed by atoms with Gasteiger partial charge in [-0.15, -0.1) is 0 Å². The molecule has 14 heavy (non-hydrogen) atoms. The Kier molecular flexibility index (Phi) is 2.11. The molecule has 1 aliphatic carbocycles. The molecule has 0 atom stereocenters. The molecule has 1 fully saturated rings. The Hall–Kier alpha value is -1.23. The Labute approximate surface area is 82.3 Å². The first kappa shape index (κ1) is 9.33. The molecule has 2 rings (SSSR count). The summed E-state index contributed by atoms with van der Waals surface area (Å²) in [7, 11) is 1.70. The van der Waals surface area contributed by atoms with Gasteiger partial charge in [0.2, 0.25) is 0 Å². The minimum absolute atomic E-state index is 0.0550. The maximum Gasteiger partial charge on any atom is 0.192 e.